The van der Waals surface area contributed by atoms with Crippen molar-refractivity contribution in [2.45, 2.75) is 18.0 Å². The average Bonchev–Trinajstić information content (AvgIpc) is 2.18. The van der Waals surface area contributed by atoms with Crippen molar-refractivity contribution in [3.8, 4) is 5.75 Å². The molecular weight excluding hydrogens is 307 g/mol. The Labute approximate surface area is 103 Å². The summed E-state index contributed by atoms with van der Waals surface area (Å²) in [5.41, 5.74) is 0. The number of benzene rings is 1. The molecule has 0 aliphatic heterocycles. The predicted octanol–water partition coefficient (Wildman–Crippen LogP) is 3.62. The lowest BCUT2D eigenvalue weighted by Gasteiger charge is -2.14. The van der Waals surface area contributed by atoms with E-state index >= 15 is 0 Å². The third-order valence-corrected chi connectivity index (χ3v) is 3.37. The van der Waals surface area contributed by atoms with Gasteiger partial charge in [0, 0.05) is 0 Å². The van der Waals surface area contributed by atoms with Crippen molar-refractivity contribution >= 4 is 28.7 Å². The summed E-state index contributed by atoms with van der Waals surface area (Å²) in [5, 5.41) is 0. The molecule has 82 valence electrons. The Morgan fingerprint density at radius 2 is 1.87 bits per heavy atom. The summed E-state index contributed by atoms with van der Waals surface area (Å²) in [5.74, 6) is 0.767. The first-order chi connectivity index (χ1) is 7.09. The molecule has 15 heavy (non-hydrogen) atoms. The summed E-state index contributed by atoms with van der Waals surface area (Å²) in [4.78, 5) is 11.3. The molecule has 1 atom stereocenters. The van der Waals surface area contributed by atoms with E-state index in [1.165, 1.54) is 0 Å². The molecule has 0 aliphatic carbocycles. The van der Waals surface area contributed by atoms with Crippen molar-refractivity contribution in [2.75, 3.05) is 0 Å². The Hall–Kier alpha value is -0.780. The van der Waals surface area contributed by atoms with E-state index in [0.29, 0.717) is 5.75 Å². The van der Waals surface area contributed by atoms with E-state index in [4.69, 9.17) is 9.47 Å². The zero-order valence-corrected chi connectivity index (χ0v) is 10.8. The third kappa shape index (κ3) is 4.51. The van der Waals surface area contributed by atoms with E-state index < -0.39 is 6.16 Å². The number of rotatable bonds is 3. The number of halogens is 1. The molecule has 4 heteroatoms. The first-order valence-corrected chi connectivity index (χ1v) is 5.91. The Bertz CT molecular complexity index is 311. The molecule has 0 heterocycles. The molecule has 3 nitrogen and oxygen atoms in total. The highest BCUT2D eigenvalue weighted by Crippen LogP contribution is 2.16. The number of carbonyl (C=O) groups excluding carboxylic acids is 1. The molecule has 0 spiro atoms. The van der Waals surface area contributed by atoms with Gasteiger partial charge in [0.15, 0.2) is 4.11 Å². The van der Waals surface area contributed by atoms with E-state index in [9.17, 15) is 4.79 Å². The van der Waals surface area contributed by atoms with Crippen LogP contribution in [0.4, 0.5) is 4.79 Å². The topological polar surface area (TPSA) is 35.5 Å². The van der Waals surface area contributed by atoms with Crippen LogP contribution in [-0.4, -0.2) is 10.3 Å². The van der Waals surface area contributed by atoms with Crippen molar-refractivity contribution in [3.63, 3.8) is 0 Å². The second-order valence-electron chi connectivity index (χ2n) is 3.38. The van der Waals surface area contributed by atoms with Crippen LogP contribution < -0.4 is 4.74 Å². The summed E-state index contributed by atoms with van der Waals surface area (Å²) in [6.45, 7) is 3.96. The summed E-state index contributed by atoms with van der Waals surface area (Å²) in [6, 6.07) is 8.87. The summed E-state index contributed by atoms with van der Waals surface area (Å²) >= 11 is 2.07. The van der Waals surface area contributed by atoms with Crippen LogP contribution in [0.25, 0.3) is 0 Å². The molecule has 0 N–H and O–H groups in total. The van der Waals surface area contributed by atoms with Gasteiger partial charge in [-0.05, 0) is 40.6 Å². The van der Waals surface area contributed by atoms with Crippen molar-refractivity contribution in [1.82, 2.24) is 0 Å². The maximum absolute atomic E-state index is 11.3. The summed E-state index contributed by atoms with van der Waals surface area (Å²) in [7, 11) is 0. The largest absolute Gasteiger partial charge is 0.514 e. The van der Waals surface area contributed by atoms with Gasteiger partial charge in [0.2, 0.25) is 0 Å². The monoisotopic (exact) mass is 320 g/mol. The van der Waals surface area contributed by atoms with Gasteiger partial charge in [0.25, 0.3) is 0 Å². The maximum Gasteiger partial charge on any atom is 0.514 e. The minimum Gasteiger partial charge on any atom is -0.420 e. The molecule has 0 fully saturated rings. The first-order valence-electron chi connectivity index (χ1n) is 4.67. The van der Waals surface area contributed by atoms with Gasteiger partial charge in [-0.2, -0.15) is 0 Å². The van der Waals surface area contributed by atoms with Gasteiger partial charge >= 0.3 is 6.16 Å². The molecule has 1 rings (SSSR count). The van der Waals surface area contributed by atoms with E-state index in [1.807, 2.05) is 19.9 Å². The van der Waals surface area contributed by atoms with Gasteiger partial charge in [-0.15, -0.1) is 0 Å². The Morgan fingerprint density at radius 3 is 2.40 bits per heavy atom. The van der Waals surface area contributed by atoms with Gasteiger partial charge < -0.3 is 9.47 Å². The Kier molecular flexibility index (Phi) is 4.87. The second-order valence-corrected chi connectivity index (χ2v) is 4.61. The quantitative estimate of drug-likeness (QED) is 0.369. The van der Waals surface area contributed by atoms with Crippen molar-refractivity contribution in [3.05, 3.63) is 30.3 Å². The van der Waals surface area contributed by atoms with Gasteiger partial charge in [-0.3, -0.25) is 0 Å². The minimum atomic E-state index is -0.658. The molecule has 1 aromatic rings. The molecule has 0 radical (unpaired) electrons. The number of hydrogen-bond acceptors (Lipinski definition) is 3. The average molecular weight is 320 g/mol. The number of ether oxygens (including phenoxy) is 2. The standard InChI is InChI=1S/C11H13IO3/c1-8(2)10(12)15-11(13)14-9-6-4-3-5-7-9/h3-8,10H,1-2H3. The van der Waals surface area contributed by atoms with Crippen molar-refractivity contribution in [1.29, 1.82) is 0 Å². The second kappa shape index (κ2) is 5.95. The lowest BCUT2D eigenvalue weighted by atomic mass is 10.2. The van der Waals surface area contributed by atoms with Crippen LogP contribution in [0.15, 0.2) is 30.3 Å². The number of para-hydroxylation sites is 1. The third-order valence-electron chi connectivity index (χ3n) is 1.68. The van der Waals surface area contributed by atoms with E-state index in [0.717, 1.165) is 0 Å². The molecule has 1 unspecified atom stereocenters. The highest BCUT2D eigenvalue weighted by molar-refractivity contribution is 14.1. The fraction of sp³-hybridized carbons (Fsp3) is 0.364. The van der Waals surface area contributed by atoms with Gasteiger partial charge in [-0.1, -0.05) is 32.0 Å². The lowest BCUT2D eigenvalue weighted by molar-refractivity contribution is 0.0814. The van der Waals surface area contributed by atoms with Gasteiger partial charge in [-0.25, -0.2) is 4.79 Å². The van der Waals surface area contributed by atoms with Crippen LogP contribution in [0, 0.1) is 5.92 Å². The number of alkyl halides is 1. The fourth-order valence-electron chi connectivity index (χ4n) is 0.837. The summed E-state index contributed by atoms with van der Waals surface area (Å²) < 4.78 is 9.84. The molecule has 1 aromatic carbocycles. The minimum absolute atomic E-state index is 0.168. The molecule has 0 bridgehead atoms. The van der Waals surface area contributed by atoms with Crippen molar-refractivity contribution in [2.24, 2.45) is 5.92 Å². The van der Waals surface area contributed by atoms with Crippen LogP contribution in [0.2, 0.25) is 0 Å². The molecular formula is C11H13IO3. The van der Waals surface area contributed by atoms with E-state index in [-0.39, 0.29) is 10.0 Å². The molecule has 0 saturated carbocycles. The van der Waals surface area contributed by atoms with Crippen LogP contribution in [-0.2, 0) is 4.74 Å². The van der Waals surface area contributed by atoms with Gasteiger partial charge in [0.1, 0.15) is 5.75 Å². The first kappa shape index (κ1) is 12.3. The summed E-state index contributed by atoms with van der Waals surface area (Å²) in [6.07, 6.45) is -0.658. The molecule has 0 aromatic heterocycles. The van der Waals surface area contributed by atoms with Crippen LogP contribution in [0.1, 0.15) is 13.8 Å². The van der Waals surface area contributed by atoms with E-state index in [1.54, 1.807) is 24.3 Å². The predicted molar refractivity (Wildman–Crippen MR) is 66.2 cm³/mol. The molecule has 0 amide bonds. The van der Waals surface area contributed by atoms with Gasteiger partial charge in [0.05, 0.1) is 0 Å². The highest BCUT2D eigenvalue weighted by Gasteiger charge is 2.15. The Morgan fingerprint density at radius 1 is 1.27 bits per heavy atom. The molecule has 0 saturated heterocycles. The van der Waals surface area contributed by atoms with Crippen LogP contribution >= 0.6 is 22.6 Å². The van der Waals surface area contributed by atoms with Crippen LogP contribution in [0.5, 0.6) is 5.75 Å². The van der Waals surface area contributed by atoms with Crippen LogP contribution in [0.3, 0.4) is 0 Å². The normalized spacial score (nSPS) is 12.3. The smallest absolute Gasteiger partial charge is 0.420 e. The maximum atomic E-state index is 11.3. The number of hydrogen-bond donors (Lipinski definition) is 0. The fourth-order valence-corrected chi connectivity index (χ4v) is 1.04. The highest BCUT2D eigenvalue weighted by atomic mass is 127. The van der Waals surface area contributed by atoms with E-state index in [2.05, 4.69) is 22.6 Å². The number of carbonyl (C=O) groups is 1. The van der Waals surface area contributed by atoms with Crippen molar-refractivity contribution < 1.29 is 14.3 Å². The Balaban J connectivity index is 2.43. The lowest BCUT2D eigenvalue weighted by Crippen LogP contribution is -2.20. The zero-order valence-electron chi connectivity index (χ0n) is 8.64. The SMILES string of the molecule is CC(C)C(I)OC(=O)Oc1ccccc1. The molecule has 0 aliphatic rings. The zero-order chi connectivity index (χ0) is 11.3.